The van der Waals surface area contributed by atoms with E-state index in [0.29, 0.717) is 5.57 Å². The van der Waals surface area contributed by atoms with Gasteiger partial charge in [-0.25, -0.2) is 4.79 Å². The van der Waals surface area contributed by atoms with Crippen LogP contribution in [0.2, 0.25) is 0 Å². The van der Waals surface area contributed by atoms with Crippen molar-refractivity contribution in [2.45, 2.75) is 39.2 Å². The predicted molar refractivity (Wildman–Crippen MR) is 65.3 cm³/mol. The van der Waals surface area contributed by atoms with Crippen molar-refractivity contribution in [1.82, 2.24) is 0 Å². The van der Waals surface area contributed by atoms with Gasteiger partial charge in [-0.15, -0.1) is 0 Å². The monoisotopic (exact) mass is 306 g/mol. The molecule has 78 valence electrons. The van der Waals surface area contributed by atoms with E-state index in [1.54, 1.807) is 6.92 Å². The number of ether oxygens (including phenoxy) is 1. The van der Waals surface area contributed by atoms with Crippen LogP contribution < -0.4 is 0 Å². The fourth-order valence-corrected chi connectivity index (χ4v) is 2.14. The molecular formula is C11H15IO2. The van der Waals surface area contributed by atoms with Crippen molar-refractivity contribution in [2.75, 3.05) is 0 Å². The first kappa shape index (κ1) is 11.8. The van der Waals surface area contributed by atoms with Gasteiger partial charge in [-0.1, -0.05) is 6.58 Å². The second-order valence-electron chi connectivity index (χ2n) is 3.65. The Morgan fingerprint density at radius 1 is 1.64 bits per heavy atom. The Labute approximate surface area is 98.5 Å². The number of hydrogen-bond donors (Lipinski definition) is 0. The lowest BCUT2D eigenvalue weighted by molar-refractivity contribution is -0.143. The summed E-state index contributed by atoms with van der Waals surface area (Å²) >= 11 is 2.33. The third kappa shape index (κ3) is 2.83. The van der Waals surface area contributed by atoms with Crippen LogP contribution in [0.5, 0.6) is 0 Å². The SMILES string of the molecule is C=C(C)C(=O)OC1CCCC(I)=C1C. The van der Waals surface area contributed by atoms with E-state index in [-0.39, 0.29) is 12.1 Å². The normalized spacial score (nSPS) is 22.1. The third-order valence-electron chi connectivity index (χ3n) is 2.37. The van der Waals surface area contributed by atoms with Crippen LogP contribution in [0.4, 0.5) is 0 Å². The van der Waals surface area contributed by atoms with Crippen LogP contribution in [0.1, 0.15) is 33.1 Å². The maximum Gasteiger partial charge on any atom is 0.333 e. The van der Waals surface area contributed by atoms with Gasteiger partial charge in [0.05, 0.1) is 0 Å². The molecule has 0 fully saturated rings. The topological polar surface area (TPSA) is 26.3 Å². The predicted octanol–water partition coefficient (Wildman–Crippen LogP) is 3.37. The highest BCUT2D eigenvalue weighted by Crippen LogP contribution is 2.31. The molecule has 0 aromatic heterocycles. The summed E-state index contributed by atoms with van der Waals surface area (Å²) in [6.45, 7) is 7.29. The molecule has 0 spiro atoms. The summed E-state index contributed by atoms with van der Waals surface area (Å²) in [5.74, 6) is -0.277. The van der Waals surface area contributed by atoms with Crippen molar-refractivity contribution in [3.05, 3.63) is 21.3 Å². The molecule has 1 atom stereocenters. The summed E-state index contributed by atoms with van der Waals surface area (Å²) in [5, 5.41) is 0. The Morgan fingerprint density at radius 3 is 2.86 bits per heavy atom. The van der Waals surface area contributed by atoms with Gasteiger partial charge in [-0.05, 0) is 64.9 Å². The maximum atomic E-state index is 11.3. The molecule has 0 N–H and O–H groups in total. The van der Waals surface area contributed by atoms with E-state index in [0.717, 1.165) is 19.3 Å². The molecule has 14 heavy (non-hydrogen) atoms. The average Bonchev–Trinajstić information content (AvgIpc) is 2.12. The molecule has 1 aliphatic rings. The summed E-state index contributed by atoms with van der Waals surface area (Å²) in [6.07, 6.45) is 3.13. The summed E-state index contributed by atoms with van der Waals surface area (Å²) in [5.41, 5.74) is 1.67. The van der Waals surface area contributed by atoms with E-state index in [2.05, 4.69) is 29.2 Å². The number of carbonyl (C=O) groups is 1. The molecular weight excluding hydrogens is 291 g/mol. The molecule has 0 bridgehead atoms. The van der Waals surface area contributed by atoms with E-state index < -0.39 is 0 Å². The average molecular weight is 306 g/mol. The van der Waals surface area contributed by atoms with Crippen LogP contribution in [0.15, 0.2) is 21.3 Å². The van der Waals surface area contributed by atoms with Crippen molar-refractivity contribution >= 4 is 28.6 Å². The summed E-state index contributed by atoms with van der Waals surface area (Å²) in [7, 11) is 0. The van der Waals surface area contributed by atoms with Gasteiger partial charge in [0, 0.05) is 5.57 Å². The highest BCUT2D eigenvalue weighted by molar-refractivity contribution is 14.1. The van der Waals surface area contributed by atoms with E-state index in [1.807, 2.05) is 6.92 Å². The first-order valence-electron chi connectivity index (χ1n) is 4.74. The minimum Gasteiger partial charge on any atom is -0.454 e. The van der Waals surface area contributed by atoms with Gasteiger partial charge in [0.2, 0.25) is 0 Å². The lowest BCUT2D eigenvalue weighted by atomic mass is 9.98. The summed E-state index contributed by atoms with van der Waals surface area (Å²) in [4.78, 5) is 11.3. The van der Waals surface area contributed by atoms with Gasteiger partial charge in [0.1, 0.15) is 6.10 Å². The van der Waals surface area contributed by atoms with E-state index in [1.165, 1.54) is 9.15 Å². The fourth-order valence-electron chi connectivity index (χ4n) is 1.41. The largest absolute Gasteiger partial charge is 0.454 e. The molecule has 2 nitrogen and oxygen atoms in total. The third-order valence-corrected chi connectivity index (χ3v) is 3.76. The van der Waals surface area contributed by atoms with Gasteiger partial charge in [-0.2, -0.15) is 0 Å². The zero-order valence-electron chi connectivity index (χ0n) is 8.60. The minimum absolute atomic E-state index is 0.0279. The highest BCUT2D eigenvalue weighted by atomic mass is 127. The Hall–Kier alpha value is -0.320. The summed E-state index contributed by atoms with van der Waals surface area (Å²) < 4.78 is 6.66. The minimum atomic E-state index is -0.277. The number of halogens is 1. The molecule has 0 aromatic carbocycles. The van der Waals surface area contributed by atoms with Crippen LogP contribution in [0, 0.1) is 0 Å². The Balaban J connectivity index is 2.66. The van der Waals surface area contributed by atoms with Crippen molar-refractivity contribution in [1.29, 1.82) is 0 Å². The van der Waals surface area contributed by atoms with Crippen molar-refractivity contribution in [3.8, 4) is 0 Å². The van der Waals surface area contributed by atoms with Gasteiger partial charge in [-0.3, -0.25) is 0 Å². The molecule has 0 radical (unpaired) electrons. The van der Waals surface area contributed by atoms with E-state index in [4.69, 9.17) is 4.74 Å². The van der Waals surface area contributed by atoms with Crippen LogP contribution in [0.3, 0.4) is 0 Å². The zero-order chi connectivity index (χ0) is 10.7. The van der Waals surface area contributed by atoms with Crippen LogP contribution in [0.25, 0.3) is 0 Å². The van der Waals surface area contributed by atoms with E-state index in [9.17, 15) is 4.79 Å². The number of allylic oxidation sites excluding steroid dienone is 1. The fraction of sp³-hybridized carbons (Fsp3) is 0.545. The number of rotatable bonds is 2. The smallest absolute Gasteiger partial charge is 0.333 e. The number of hydrogen-bond acceptors (Lipinski definition) is 2. The highest BCUT2D eigenvalue weighted by Gasteiger charge is 2.22. The van der Waals surface area contributed by atoms with Gasteiger partial charge >= 0.3 is 5.97 Å². The Kier molecular flexibility index (Phi) is 4.16. The second kappa shape index (κ2) is 4.96. The molecule has 0 amide bonds. The lowest BCUT2D eigenvalue weighted by Crippen LogP contribution is -2.22. The Morgan fingerprint density at radius 2 is 2.29 bits per heavy atom. The Bertz CT molecular complexity index is 292. The van der Waals surface area contributed by atoms with Crippen LogP contribution >= 0.6 is 22.6 Å². The van der Waals surface area contributed by atoms with E-state index >= 15 is 0 Å². The zero-order valence-corrected chi connectivity index (χ0v) is 10.8. The first-order valence-corrected chi connectivity index (χ1v) is 5.82. The molecule has 1 aliphatic carbocycles. The molecule has 1 unspecified atom stereocenters. The maximum absolute atomic E-state index is 11.3. The molecule has 0 aromatic rings. The van der Waals surface area contributed by atoms with Crippen molar-refractivity contribution < 1.29 is 9.53 Å². The first-order chi connectivity index (χ1) is 6.52. The van der Waals surface area contributed by atoms with Gasteiger partial charge in [0.15, 0.2) is 0 Å². The molecule has 0 aliphatic heterocycles. The lowest BCUT2D eigenvalue weighted by Gasteiger charge is -2.24. The quantitative estimate of drug-likeness (QED) is 0.444. The molecule has 3 heteroatoms. The van der Waals surface area contributed by atoms with Gasteiger partial charge < -0.3 is 4.74 Å². The van der Waals surface area contributed by atoms with Crippen LogP contribution in [-0.2, 0) is 9.53 Å². The van der Waals surface area contributed by atoms with Crippen molar-refractivity contribution in [3.63, 3.8) is 0 Å². The van der Waals surface area contributed by atoms with Crippen molar-refractivity contribution in [2.24, 2.45) is 0 Å². The second-order valence-corrected chi connectivity index (χ2v) is 4.96. The number of carbonyl (C=O) groups excluding carboxylic acids is 1. The van der Waals surface area contributed by atoms with Crippen LogP contribution in [-0.4, -0.2) is 12.1 Å². The summed E-state index contributed by atoms with van der Waals surface area (Å²) in [6, 6.07) is 0. The molecule has 0 heterocycles. The molecule has 1 rings (SSSR count). The standard InChI is InChI=1S/C11H15IO2/c1-7(2)11(13)14-10-6-4-5-9(12)8(10)3/h10H,1,4-6H2,2-3H3. The molecule has 0 saturated heterocycles. The molecule has 0 saturated carbocycles. The van der Waals surface area contributed by atoms with Gasteiger partial charge in [0.25, 0.3) is 0 Å². The number of esters is 1.